The lowest BCUT2D eigenvalue weighted by atomic mass is 10.2. The van der Waals surface area contributed by atoms with Crippen LogP contribution in [0.5, 0.6) is 5.75 Å². The quantitative estimate of drug-likeness (QED) is 0.920. The monoisotopic (exact) mass is 349 g/mol. The van der Waals surface area contributed by atoms with Crippen LogP contribution in [0.15, 0.2) is 41.0 Å². The number of benzene rings is 1. The first-order valence-corrected chi connectivity index (χ1v) is 7.09. The smallest absolute Gasteiger partial charge is 0.255 e. The number of anilines is 2. The van der Waals surface area contributed by atoms with Crippen LogP contribution in [0.3, 0.4) is 0 Å². The second kappa shape index (κ2) is 6.58. The van der Waals surface area contributed by atoms with Gasteiger partial charge in [-0.15, -0.1) is 0 Å². The maximum atomic E-state index is 12.2. The molecule has 1 aromatic heterocycles. The number of nitrogens with one attached hydrogen (secondary N) is 1. The summed E-state index contributed by atoms with van der Waals surface area (Å²) in [5.74, 6) is 1.32. The number of carbonyl (C=O) groups excluding carboxylic acids is 1. The summed E-state index contributed by atoms with van der Waals surface area (Å²) in [6.45, 7) is 0. The van der Waals surface area contributed by atoms with Gasteiger partial charge in [0.15, 0.2) is 0 Å². The van der Waals surface area contributed by atoms with Crippen LogP contribution in [0.4, 0.5) is 11.5 Å². The molecule has 0 fully saturated rings. The van der Waals surface area contributed by atoms with E-state index in [0.29, 0.717) is 17.0 Å². The summed E-state index contributed by atoms with van der Waals surface area (Å²) in [5, 5.41) is 2.81. The van der Waals surface area contributed by atoms with Crippen LogP contribution in [-0.4, -0.2) is 32.1 Å². The largest absolute Gasteiger partial charge is 0.496 e. The number of hydrogen-bond donors (Lipinski definition) is 1. The molecule has 5 nitrogen and oxygen atoms in total. The van der Waals surface area contributed by atoms with Crippen molar-refractivity contribution in [2.24, 2.45) is 0 Å². The van der Waals surface area contributed by atoms with Gasteiger partial charge in [0.05, 0.1) is 23.5 Å². The Morgan fingerprint density at radius 3 is 2.57 bits per heavy atom. The average molecular weight is 350 g/mol. The number of hydrogen-bond acceptors (Lipinski definition) is 4. The van der Waals surface area contributed by atoms with Gasteiger partial charge in [0, 0.05) is 19.7 Å². The third-order valence-corrected chi connectivity index (χ3v) is 3.50. The molecule has 0 atom stereocenters. The summed E-state index contributed by atoms with van der Waals surface area (Å²) >= 11 is 3.36. The van der Waals surface area contributed by atoms with Gasteiger partial charge < -0.3 is 15.0 Å². The second-order valence-corrected chi connectivity index (χ2v) is 5.46. The van der Waals surface area contributed by atoms with E-state index in [1.54, 1.807) is 31.5 Å². The lowest BCUT2D eigenvalue weighted by molar-refractivity contribution is 0.102. The van der Waals surface area contributed by atoms with Gasteiger partial charge in [0.2, 0.25) is 0 Å². The van der Waals surface area contributed by atoms with Gasteiger partial charge in [-0.1, -0.05) is 0 Å². The zero-order valence-electron chi connectivity index (χ0n) is 12.1. The maximum Gasteiger partial charge on any atom is 0.255 e. The van der Waals surface area contributed by atoms with Crippen molar-refractivity contribution in [1.82, 2.24) is 4.98 Å². The van der Waals surface area contributed by atoms with E-state index < -0.39 is 0 Å². The molecule has 1 aromatic carbocycles. The van der Waals surface area contributed by atoms with Crippen molar-refractivity contribution in [3.05, 3.63) is 46.6 Å². The molecule has 21 heavy (non-hydrogen) atoms. The highest BCUT2D eigenvalue weighted by atomic mass is 79.9. The fourth-order valence-corrected chi connectivity index (χ4v) is 2.28. The Bertz CT molecular complexity index is 642. The van der Waals surface area contributed by atoms with E-state index in [1.165, 1.54) is 0 Å². The summed E-state index contributed by atoms with van der Waals surface area (Å²) in [6.07, 6.45) is 1.63. The number of rotatable bonds is 4. The van der Waals surface area contributed by atoms with Crippen LogP contribution in [-0.2, 0) is 0 Å². The minimum atomic E-state index is -0.197. The Labute approximate surface area is 132 Å². The minimum Gasteiger partial charge on any atom is -0.496 e. The normalized spacial score (nSPS) is 10.1. The maximum absolute atomic E-state index is 12.2. The predicted octanol–water partition coefficient (Wildman–Crippen LogP) is 3.17. The standard InChI is InChI=1S/C15H16BrN3O2/c1-19(2)14-7-5-11(9-17-14)18-15(20)10-4-6-13(21-3)12(16)8-10/h4-9H,1-3H3,(H,18,20). The topological polar surface area (TPSA) is 54.5 Å². The average Bonchev–Trinajstić information content (AvgIpc) is 2.47. The second-order valence-electron chi connectivity index (χ2n) is 4.60. The van der Waals surface area contributed by atoms with Crippen molar-refractivity contribution < 1.29 is 9.53 Å². The molecule has 0 radical (unpaired) electrons. The molecule has 110 valence electrons. The Kier molecular flexibility index (Phi) is 4.80. The summed E-state index contributed by atoms with van der Waals surface area (Å²) in [4.78, 5) is 18.3. The third kappa shape index (κ3) is 3.72. The molecule has 0 aliphatic heterocycles. The molecule has 0 saturated carbocycles. The van der Waals surface area contributed by atoms with E-state index in [4.69, 9.17) is 4.74 Å². The Morgan fingerprint density at radius 2 is 2.05 bits per heavy atom. The van der Waals surface area contributed by atoms with E-state index in [1.807, 2.05) is 31.1 Å². The number of amides is 1. The summed E-state index contributed by atoms with van der Waals surface area (Å²) < 4.78 is 5.88. The molecule has 2 rings (SSSR count). The zero-order chi connectivity index (χ0) is 15.4. The summed E-state index contributed by atoms with van der Waals surface area (Å²) in [6, 6.07) is 8.83. The number of carbonyl (C=O) groups is 1. The molecule has 1 N–H and O–H groups in total. The van der Waals surface area contributed by atoms with Crippen LogP contribution in [0.2, 0.25) is 0 Å². The lowest BCUT2D eigenvalue weighted by Crippen LogP contribution is -2.13. The van der Waals surface area contributed by atoms with Crippen molar-refractivity contribution in [2.75, 3.05) is 31.4 Å². The molecular formula is C15H16BrN3O2. The fraction of sp³-hybridized carbons (Fsp3) is 0.200. The van der Waals surface area contributed by atoms with Gasteiger partial charge in [0.1, 0.15) is 11.6 Å². The van der Waals surface area contributed by atoms with Crippen LogP contribution >= 0.6 is 15.9 Å². The molecule has 1 heterocycles. The molecular weight excluding hydrogens is 334 g/mol. The molecule has 0 unspecified atom stereocenters. The SMILES string of the molecule is COc1ccc(C(=O)Nc2ccc(N(C)C)nc2)cc1Br. The molecule has 0 bridgehead atoms. The van der Waals surface area contributed by atoms with Gasteiger partial charge >= 0.3 is 0 Å². The number of ether oxygens (including phenoxy) is 1. The molecule has 2 aromatic rings. The van der Waals surface area contributed by atoms with Crippen LogP contribution in [0.25, 0.3) is 0 Å². The highest BCUT2D eigenvalue weighted by Gasteiger charge is 2.09. The van der Waals surface area contributed by atoms with Crippen LogP contribution in [0.1, 0.15) is 10.4 Å². The number of halogens is 1. The van der Waals surface area contributed by atoms with Crippen molar-refractivity contribution in [3.8, 4) is 5.75 Å². The molecule has 1 amide bonds. The van der Waals surface area contributed by atoms with E-state index in [-0.39, 0.29) is 5.91 Å². The first-order valence-electron chi connectivity index (χ1n) is 6.29. The summed E-state index contributed by atoms with van der Waals surface area (Å²) in [5.41, 5.74) is 1.19. The molecule has 6 heteroatoms. The molecule has 0 spiro atoms. The molecule has 0 aliphatic carbocycles. The predicted molar refractivity (Wildman–Crippen MR) is 87.2 cm³/mol. The number of methoxy groups -OCH3 is 1. The van der Waals surface area contributed by atoms with E-state index in [0.717, 1.165) is 10.3 Å². The minimum absolute atomic E-state index is 0.197. The van der Waals surface area contributed by atoms with E-state index >= 15 is 0 Å². The van der Waals surface area contributed by atoms with Crippen LogP contribution < -0.4 is 15.0 Å². The van der Waals surface area contributed by atoms with Crippen molar-refractivity contribution in [3.63, 3.8) is 0 Å². The lowest BCUT2D eigenvalue weighted by Gasteiger charge is -2.12. The van der Waals surface area contributed by atoms with Gasteiger partial charge in [-0.2, -0.15) is 0 Å². The Hall–Kier alpha value is -2.08. The van der Waals surface area contributed by atoms with Gasteiger partial charge in [-0.3, -0.25) is 4.79 Å². The zero-order valence-corrected chi connectivity index (χ0v) is 13.6. The molecule has 0 saturated heterocycles. The number of pyridine rings is 1. The Morgan fingerprint density at radius 1 is 1.29 bits per heavy atom. The van der Waals surface area contributed by atoms with Gasteiger partial charge in [-0.25, -0.2) is 4.98 Å². The first-order chi connectivity index (χ1) is 10.0. The summed E-state index contributed by atoms with van der Waals surface area (Å²) in [7, 11) is 5.41. The van der Waals surface area contributed by atoms with E-state index in [2.05, 4.69) is 26.2 Å². The van der Waals surface area contributed by atoms with Gasteiger partial charge in [-0.05, 0) is 46.3 Å². The van der Waals surface area contributed by atoms with Crippen LogP contribution in [0, 0.1) is 0 Å². The fourth-order valence-electron chi connectivity index (χ4n) is 1.74. The first kappa shape index (κ1) is 15.3. The van der Waals surface area contributed by atoms with E-state index in [9.17, 15) is 4.79 Å². The van der Waals surface area contributed by atoms with Gasteiger partial charge in [0.25, 0.3) is 5.91 Å². The number of aromatic nitrogens is 1. The van der Waals surface area contributed by atoms with Crippen molar-refractivity contribution >= 4 is 33.3 Å². The highest BCUT2D eigenvalue weighted by Crippen LogP contribution is 2.25. The highest BCUT2D eigenvalue weighted by molar-refractivity contribution is 9.10. The third-order valence-electron chi connectivity index (χ3n) is 2.88. The van der Waals surface area contributed by atoms with Crippen molar-refractivity contribution in [2.45, 2.75) is 0 Å². The van der Waals surface area contributed by atoms with Crippen molar-refractivity contribution in [1.29, 1.82) is 0 Å². The Balaban J connectivity index is 2.12. The molecule has 0 aliphatic rings. The number of nitrogens with zero attached hydrogens (tertiary/aromatic N) is 2.